The number of phosphoric acid groups is 2. The quantitative estimate of drug-likeness (QED) is 0.0812. The van der Waals surface area contributed by atoms with Crippen LogP contribution in [0, 0.1) is 0 Å². The molecule has 0 amide bonds. The van der Waals surface area contributed by atoms with E-state index >= 15 is 0 Å². The molecule has 44 heavy (non-hydrogen) atoms. The third-order valence-corrected chi connectivity index (χ3v) is 8.30. The van der Waals surface area contributed by atoms with Crippen molar-refractivity contribution < 1.29 is 56.8 Å². The van der Waals surface area contributed by atoms with Crippen LogP contribution in [0.2, 0.25) is 0 Å². The van der Waals surface area contributed by atoms with E-state index < -0.39 is 70.1 Å². The number of nitrogens with one attached hydrogen (secondary N) is 1. The topological polar surface area (TPSA) is 285 Å². The first-order valence-corrected chi connectivity index (χ1v) is 16.5. The number of aromatic nitrogens is 2. The zero-order chi connectivity index (χ0) is 32.5. The summed E-state index contributed by atoms with van der Waals surface area (Å²) in [6.45, 7) is -0.492. The molecule has 1 aliphatic rings. The Morgan fingerprint density at radius 3 is 2.36 bits per heavy atom. The number of aliphatic hydroxyl groups excluding tert-OH is 1. The number of nitrogens with two attached hydrogens (primary N) is 2. The molecule has 246 valence electrons. The standard InChI is InChI=1S/C24H36N4O14P2/c25-10-3-1-2-4-12-38-43(34,35)42-21-18(40-22(20(21)30)28-11-9-19(29)27-24(28)33)14-39-44(36,37)41-16-7-5-15(6-8-16)13-17(26)23(31)32/h5-9,11,17-18,20-22,30H,1-4,10,12-14,25-26H2,(H,31,32)(H,34,35)(H,36,37)(H,27,29,33)/t17-,18+,20+,21+,22+/m0/s1. The number of rotatable bonds is 18. The minimum Gasteiger partial charge on any atom is -0.480 e. The van der Waals surface area contributed by atoms with Crippen molar-refractivity contribution in [3.63, 3.8) is 0 Å². The number of aliphatic carboxylic acids is 1. The molecule has 2 aromatic rings. The second-order valence-corrected chi connectivity index (χ2v) is 12.6. The molecular weight excluding hydrogens is 630 g/mol. The average molecular weight is 667 g/mol. The summed E-state index contributed by atoms with van der Waals surface area (Å²) in [5.74, 6) is -1.32. The Morgan fingerprint density at radius 1 is 1.05 bits per heavy atom. The Balaban J connectivity index is 1.70. The average Bonchev–Trinajstić information content (AvgIpc) is 3.24. The highest BCUT2D eigenvalue weighted by molar-refractivity contribution is 7.48. The summed E-state index contributed by atoms with van der Waals surface area (Å²) in [7, 11) is -9.71. The number of hydrogen-bond acceptors (Lipinski definition) is 13. The number of benzene rings is 1. The summed E-state index contributed by atoms with van der Waals surface area (Å²) in [6.07, 6.45) is -2.97. The summed E-state index contributed by atoms with van der Waals surface area (Å²) >= 11 is 0. The number of carbonyl (C=O) groups is 1. The van der Waals surface area contributed by atoms with Crippen LogP contribution in [0.5, 0.6) is 5.75 Å². The molecule has 1 aliphatic heterocycles. The van der Waals surface area contributed by atoms with Crippen molar-refractivity contribution >= 4 is 21.6 Å². The number of H-pyrrole nitrogens is 1. The lowest BCUT2D eigenvalue weighted by Crippen LogP contribution is -2.38. The molecule has 0 bridgehead atoms. The monoisotopic (exact) mass is 666 g/mol. The number of carboxylic acids is 1. The fourth-order valence-corrected chi connectivity index (χ4v) is 5.93. The first kappa shape index (κ1) is 35.7. The van der Waals surface area contributed by atoms with Crippen molar-refractivity contribution in [1.82, 2.24) is 9.55 Å². The number of nitrogens with zero attached hydrogens (tertiary/aromatic N) is 1. The van der Waals surface area contributed by atoms with E-state index in [9.17, 15) is 38.4 Å². The van der Waals surface area contributed by atoms with Crippen LogP contribution in [0.4, 0.5) is 0 Å². The maximum atomic E-state index is 12.7. The van der Waals surface area contributed by atoms with E-state index in [0.717, 1.165) is 29.7 Å². The van der Waals surface area contributed by atoms with Crippen LogP contribution in [-0.2, 0) is 38.7 Å². The molecule has 1 aromatic carbocycles. The molecule has 0 aliphatic carbocycles. The van der Waals surface area contributed by atoms with E-state index in [-0.39, 0.29) is 18.8 Å². The van der Waals surface area contributed by atoms with Crippen LogP contribution in [-0.4, -0.2) is 79.6 Å². The predicted molar refractivity (Wildman–Crippen MR) is 152 cm³/mol. The highest BCUT2D eigenvalue weighted by atomic mass is 31.2. The summed E-state index contributed by atoms with van der Waals surface area (Å²) in [6, 6.07) is 5.25. The Kier molecular flexibility index (Phi) is 13.0. The minimum absolute atomic E-state index is 0.00208. The molecule has 1 aromatic heterocycles. The minimum atomic E-state index is -4.89. The van der Waals surface area contributed by atoms with Crippen molar-refractivity contribution in [3.8, 4) is 5.75 Å². The van der Waals surface area contributed by atoms with Crippen LogP contribution in [0.25, 0.3) is 0 Å². The molecule has 2 unspecified atom stereocenters. The SMILES string of the molecule is NCCCCCCOP(=O)(O)O[C@H]1[C@@H](O)[C@H](n2ccc(=O)[nH]c2=O)O[C@@H]1COP(=O)(O)Oc1ccc(C[C@H](N)C(=O)O)cc1. The molecule has 2 heterocycles. The van der Waals surface area contributed by atoms with E-state index in [1.54, 1.807) is 0 Å². The normalized spacial score (nSPS) is 23.5. The van der Waals surface area contributed by atoms with E-state index in [0.29, 0.717) is 24.9 Å². The van der Waals surface area contributed by atoms with Crippen molar-refractivity contribution in [2.75, 3.05) is 19.8 Å². The number of hydrogen-bond donors (Lipinski definition) is 7. The van der Waals surface area contributed by atoms with Crippen LogP contribution >= 0.6 is 15.6 Å². The number of ether oxygens (including phenoxy) is 1. The molecule has 1 saturated heterocycles. The second kappa shape index (κ2) is 16.0. The Hall–Kier alpha value is -2.73. The summed E-state index contributed by atoms with van der Waals surface area (Å²) in [5.41, 5.74) is 9.74. The van der Waals surface area contributed by atoms with Gasteiger partial charge in [-0.1, -0.05) is 25.0 Å². The molecule has 0 spiro atoms. The van der Waals surface area contributed by atoms with Gasteiger partial charge in [0, 0.05) is 12.3 Å². The number of aliphatic hydroxyl groups is 1. The molecule has 0 radical (unpaired) electrons. The smallest absolute Gasteiger partial charge is 0.480 e. The molecule has 7 atom stereocenters. The van der Waals surface area contributed by atoms with E-state index in [2.05, 4.69) is 0 Å². The van der Waals surface area contributed by atoms with Gasteiger partial charge < -0.3 is 35.8 Å². The Morgan fingerprint density at radius 2 is 1.73 bits per heavy atom. The van der Waals surface area contributed by atoms with Gasteiger partial charge in [-0.2, -0.15) is 0 Å². The molecule has 18 nitrogen and oxygen atoms in total. The van der Waals surface area contributed by atoms with Gasteiger partial charge in [-0.15, -0.1) is 0 Å². The van der Waals surface area contributed by atoms with Crippen molar-refractivity contribution in [1.29, 1.82) is 0 Å². The number of unbranched alkanes of at least 4 members (excludes halogenated alkanes) is 3. The summed E-state index contributed by atoms with van der Waals surface area (Å²) < 4.78 is 52.0. The highest BCUT2D eigenvalue weighted by Gasteiger charge is 2.50. The van der Waals surface area contributed by atoms with Gasteiger partial charge >= 0.3 is 27.3 Å². The number of carboxylic acid groups (broad SMARTS) is 1. The van der Waals surface area contributed by atoms with Crippen molar-refractivity contribution in [2.45, 2.75) is 62.7 Å². The molecule has 3 rings (SSSR count). The largest absolute Gasteiger partial charge is 0.527 e. The maximum Gasteiger partial charge on any atom is 0.527 e. The van der Waals surface area contributed by atoms with Gasteiger partial charge in [-0.25, -0.2) is 13.9 Å². The van der Waals surface area contributed by atoms with Gasteiger partial charge in [0.1, 0.15) is 30.1 Å². The van der Waals surface area contributed by atoms with Crippen LogP contribution in [0.1, 0.15) is 37.5 Å². The lowest BCUT2D eigenvalue weighted by Gasteiger charge is -2.23. The first-order valence-electron chi connectivity index (χ1n) is 13.5. The van der Waals surface area contributed by atoms with Crippen LogP contribution < -0.4 is 27.2 Å². The van der Waals surface area contributed by atoms with E-state index in [1.165, 1.54) is 24.3 Å². The van der Waals surface area contributed by atoms with Crippen molar-refractivity contribution in [2.24, 2.45) is 11.5 Å². The molecule has 1 fully saturated rings. The van der Waals surface area contributed by atoms with E-state index in [4.69, 9.17) is 39.4 Å². The number of phosphoric ester groups is 2. The van der Waals surface area contributed by atoms with Gasteiger partial charge in [0.2, 0.25) is 0 Å². The number of aromatic amines is 1. The van der Waals surface area contributed by atoms with Crippen LogP contribution in [0.15, 0.2) is 46.1 Å². The van der Waals surface area contributed by atoms with Gasteiger partial charge in [-0.05, 0) is 43.5 Å². The maximum absolute atomic E-state index is 12.7. The first-order chi connectivity index (χ1) is 20.7. The highest BCUT2D eigenvalue weighted by Crippen LogP contribution is 2.50. The molecule has 20 heteroatoms. The summed E-state index contributed by atoms with van der Waals surface area (Å²) in [5, 5.41) is 19.9. The van der Waals surface area contributed by atoms with Gasteiger partial charge in [0.15, 0.2) is 6.23 Å². The second-order valence-electron chi connectivity index (χ2n) is 9.80. The fourth-order valence-electron chi connectivity index (χ4n) is 4.16. The van der Waals surface area contributed by atoms with Crippen molar-refractivity contribution in [3.05, 3.63) is 62.9 Å². The zero-order valence-corrected chi connectivity index (χ0v) is 25.2. The zero-order valence-electron chi connectivity index (χ0n) is 23.4. The summed E-state index contributed by atoms with van der Waals surface area (Å²) in [4.78, 5) is 57.3. The third-order valence-electron chi connectivity index (χ3n) is 6.36. The Labute approximate surface area is 250 Å². The van der Waals surface area contributed by atoms with Crippen LogP contribution in [0.3, 0.4) is 0 Å². The fraction of sp³-hybridized carbons (Fsp3) is 0.542. The predicted octanol–water partition coefficient (Wildman–Crippen LogP) is -0.0334. The van der Waals surface area contributed by atoms with Gasteiger partial charge in [-0.3, -0.25) is 37.6 Å². The Bertz CT molecular complexity index is 1450. The third kappa shape index (κ3) is 10.7. The molecular formula is C24H36N4O14P2. The van der Waals surface area contributed by atoms with E-state index in [1.807, 2.05) is 4.98 Å². The lowest BCUT2D eigenvalue weighted by atomic mass is 10.1. The van der Waals surface area contributed by atoms with Gasteiger partial charge in [0.25, 0.3) is 5.56 Å². The lowest BCUT2D eigenvalue weighted by molar-refractivity contribution is -0.138. The van der Waals surface area contributed by atoms with Gasteiger partial charge in [0.05, 0.1) is 13.2 Å². The molecule has 0 saturated carbocycles. The molecule has 9 N–H and O–H groups in total.